The van der Waals surface area contributed by atoms with Crippen LogP contribution in [-0.2, 0) is 14.3 Å². The monoisotopic (exact) mass is 858 g/mol. The predicted octanol–water partition coefficient (Wildman–Crippen LogP) is 16.1. The molecule has 6 heteroatoms. The first-order chi connectivity index (χ1) is 30.0. The number of aliphatic hydroxyl groups excluding tert-OH is 2. The average Bonchev–Trinajstić information content (AvgIpc) is 3.26. The van der Waals surface area contributed by atoms with Crippen LogP contribution < -0.4 is 5.32 Å². The van der Waals surface area contributed by atoms with Crippen LogP contribution in [0, 0.1) is 0 Å². The summed E-state index contributed by atoms with van der Waals surface area (Å²) in [6.45, 7) is 4.84. The van der Waals surface area contributed by atoms with Crippen LogP contribution in [-0.4, -0.2) is 47.4 Å². The second-order valence-electron chi connectivity index (χ2n) is 18.2. The van der Waals surface area contributed by atoms with E-state index < -0.39 is 12.1 Å². The number of nitrogens with one attached hydrogen (secondary N) is 1. The number of amides is 1. The standard InChI is InChI=1S/C55H103NO5/c1-3-5-7-9-11-13-15-17-19-21-23-27-31-35-39-43-47-53(58)52(51-57)56-54(59)48-44-40-36-32-28-24-22-26-30-34-38-42-46-50-61-55(60)49-45-41-37-33-29-25-20-18-16-14-12-10-8-6-4-2/h12,14,18,20,43,47,52-53,57-58H,3-11,13,15-17,19,21-42,44-46,48-51H2,1-2H3,(H,56,59)/b14-12-,20-18-,47-43+. The highest BCUT2D eigenvalue weighted by Gasteiger charge is 2.18. The number of esters is 1. The van der Waals surface area contributed by atoms with Gasteiger partial charge in [0.2, 0.25) is 5.91 Å². The first-order valence-corrected chi connectivity index (χ1v) is 26.8. The van der Waals surface area contributed by atoms with Crippen LogP contribution in [0.15, 0.2) is 36.5 Å². The number of hydrogen-bond donors (Lipinski definition) is 3. The van der Waals surface area contributed by atoms with Crippen LogP contribution in [0.2, 0.25) is 0 Å². The molecule has 3 N–H and O–H groups in total. The maximum Gasteiger partial charge on any atom is 0.305 e. The quantitative estimate of drug-likeness (QED) is 0.0322. The molecule has 6 nitrogen and oxygen atoms in total. The normalized spacial score (nSPS) is 12.9. The Bertz CT molecular complexity index is 993. The highest BCUT2D eigenvalue weighted by Crippen LogP contribution is 2.16. The third kappa shape index (κ3) is 47.4. The van der Waals surface area contributed by atoms with Gasteiger partial charge in [0.05, 0.1) is 25.4 Å². The van der Waals surface area contributed by atoms with E-state index in [1.165, 1.54) is 180 Å². The van der Waals surface area contributed by atoms with Crippen molar-refractivity contribution in [2.45, 2.75) is 289 Å². The molecule has 0 aliphatic rings. The van der Waals surface area contributed by atoms with E-state index in [0.29, 0.717) is 19.4 Å². The van der Waals surface area contributed by atoms with Gasteiger partial charge in [-0.3, -0.25) is 9.59 Å². The van der Waals surface area contributed by atoms with Crippen molar-refractivity contribution in [3.05, 3.63) is 36.5 Å². The molecule has 0 aliphatic carbocycles. The predicted molar refractivity (Wildman–Crippen MR) is 264 cm³/mol. The lowest BCUT2D eigenvalue weighted by Gasteiger charge is -2.20. The van der Waals surface area contributed by atoms with Gasteiger partial charge in [0.1, 0.15) is 0 Å². The first-order valence-electron chi connectivity index (χ1n) is 26.8. The van der Waals surface area contributed by atoms with E-state index in [1.807, 2.05) is 6.08 Å². The van der Waals surface area contributed by atoms with E-state index in [1.54, 1.807) is 6.08 Å². The van der Waals surface area contributed by atoms with Gasteiger partial charge in [-0.15, -0.1) is 0 Å². The Morgan fingerprint density at radius 2 is 0.820 bits per heavy atom. The van der Waals surface area contributed by atoms with Gasteiger partial charge in [0.25, 0.3) is 0 Å². The van der Waals surface area contributed by atoms with Crippen molar-refractivity contribution in [3.8, 4) is 0 Å². The summed E-state index contributed by atoms with van der Waals surface area (Å²) >= 11 is 0. The summed E-state index contributed by atoms with van der Waals surface area (Å²) in [7, 11) is 0. The maximum atomic E-state index is 12.4. The number of ether oxygens (including phenoxy) is 1. The van der Waals surface area contributed by atoms with E-state index >= 15 is 0 Å². The molecule has 0 saturated heterocycles. The molecular weight excluding hydrogens is 755 g/mol. The Morgan fingerprint density at radius 3 is 1.28 bits per heavy atom. The molecule has 0 aromatic carbocycles. The van der Waals surface area contributed by atoms with Crippen molar-refractivity contribution in [1.29, 1.82) is 0 Å². The van der Waals surface area contributed by atoms with Crippen molar-refractivity contribution in [1.82, 2.24) is 5.32 Å². The van der Waals surface area contributed by atoms with Gasteiger partial charge in [0, 0.05) is 12.8 Å². The van der Waals surface area contributed by atoms with Gasteiger partial charge in [-0.1, -0.05) is 237 Å². The summed E-state index contributed by atoms with van der Waals surface area (Å²) < 4.78 is 5.46. The van der Waals surface area contributed by atoms with Crippen LogP contribution >= 0.6 is 0 Å². The maximum absolute atomic E-state index is 12.4. The van der Waals surface area contributed by atoms with Gasteiger partial charge in [-0.05, 0) is 64.2 Å². The zero-order valence-electron chi connectivity index (χ0n) is 40.6. The minimum Gasteiger partial charge on any atom is -0.466 e. The number of carbonyl (C=O) groups excluding carboxylic acids is 2. The molecule has 0 bridgehead atoms. The molecular formula is C55H103NO5. The van der Waals surface area contributed by atoms with Gasteiger partial charge in [-0.2, -0.15) is 0 Å². The SMILES string of the molecule is CCCCC/C=C\C/C=C\CCCCCCCC(=O)OCCCCCCCCCCCCCCCC(=O)NC(CO)C(O)/C=C/CCCCCCCCCCCCCCCC. The molecule has 0 heterocycles. The Labute approximate surface area is 379 Å². The largest absolute Gasteiger partial charge is 0.466 e. The second kappa shape index (κ2) is 50.7. The molecule has 1 amide bonds. The molecule has 0 aromatic heterocycles. The summed E-state index contributed by atoms with van der Waals surface area (Å²) in [5, 5.41) is 23.1. The molecule has 0 spiro atoms. The van der Waals surface area contributed by atoms with Gasteiger partial charge in [-0.25, -0.2) is 0 Å². The third-order valence-corrected chi connectivity index (χ3v) is 12.2. The lowest BCUT2D eigenvalue weighted by atomic mass is 10.0. The van der Waals surface area contributed by atoms with Crippen LogP contribution in [0.3, 0.4) is 0 Å². The van der Waals surface area contributed by atoms with Crippen molar-refractivity contribution in [3.63, 3.8) is 0 Å². The summed E-state index contributed by atoms with van der Waals surface area (Å²) in [5.74, 6) is -0.102. The smallest absolute Gasteiger partial charge is 0.305 e. The number of carbonyl (C=O) groups is 2. The molecule has 0 fully saturated rings. The molecule has 0 aromatic rings. The Morgan fingerprint density at radius 1 is 0.459 bits per heavy atom. The molecule has 0 aliphatic heterocycles. The third-order valence-electron chi connectivity index (χ3n) is 12.2. The molecule has 2 atom stereocenters. The van der Waals surface area contributed by atoms with Crippen LogP contribution in [0.25, 0.3) is 0 Å². The average molecular weight is 858 g/mol. The zero-order valence-corrected chi connectivity index (χ0v) is 40.6. The first kappa shape index (κ1) is 59.1. The highest BCUT2D eigenvalue weighted by atomic mass is 16.5. The van der Waals surface area contributed by atoms with E-state index in [0.717, 1.165) is 70.6 Å². The number of rotatable bonds is 49. The highest BCUT2D eigenvalue weighted by molar-refractivity contribution is 5.76. The van der Waals surface area contributed by atoms with Gasteiger partial charge >= 0.3 is 5.97 Å². The Balaban J connectivity index is 3.50. The molecule has 2 unspecified atom stereocenters. The van der Waals surface area contributed by atoms with Crippen molar-refractivity contribution in [2.75, 3.05) is 13.2 Å². The Hall–Kier alpha value is -1.92. The van der Waals surface area contributed by atoms with E-state index in [4.69, 9.17) is 4.74 Å². The molecule has 358 valence electrons. The molecule has 0 saturated carbocycles. The lowest BCUT2D eigenvalue weighted by molar-refractivity contribution is -0.143. The van der Waals surface area contributed by atoms with Crippen molar-refractivity contribution < 1.29 is 24.5 Å². The number of allylic oxidation sites excluding steroid dienone is 5. The van der Waals surface area contributed by atoms with Crippen molar-refractivity contribution >= 4 is 11.9 Å². The lowest BCUT2D eigenvalue weighted by Crippen LogP contribution is -2.45. The molecule has 0 radical (unpaired) electrons. The van der Waals surface area contributed by atoms with E-state index in [2.05, 4.69) is 43.5 Å². The van der Waals surface area contributed by atoms with Gasteiger partial charge < -0.3 is 20.3 Å². The van der Waals surface area contributed by atoms with Crippen molar-refractivity contribution in [2.24, 2.45) is 0 Å². The number of aliphatic hydroxyl groups is 2. The topological polar surface area (TPSA) is 95.9 Å². The fourth-order valence-electron chi connectivity index (χ4n) is 8.02. The molecule has 0 rings (SSSR count). The van der Waals surface area contributed by atoms with E-state index in [9.17, 15) is 19.8 Å². The minimum absolute atomic E-state index is 0.0212. The molecule has 61 heavy (non-hydrogen) atoms. The van der Waals surface area contributed by atoms with Crippen LogP contribution in [0.4, 0.5) is 0 Å². The number of hydrogen-bond acceptors (Lipinski definition) is 5. The summed E-state index contributed by atoms with van der Waals surface area (Å²) in [6.07, 6.45) is 61.4. The minimum atomic E-state index is -0.854. The summed E-state index contributed by atoms with van der Waals surface area (Å²) in [5.41, 5.74) is 0. The second-order valence-corrected chi connectivity index (χ2v) is 18.2. The van der Waals surface area contributed by atoms with Crippen LogP contribution in [0.1, 0.15) is 277 Å². The van der Waals surface area contributed by atoms with Crippen LogP contribution in [0.5, 0.6) is 0 Å². The van der Waals surface area contributed by atoms with Gasteiger partial charge in [0.15, 0.2) is 0 Å². The summed E-state index contributed by atoms with van der Waals surface area (Å²) in [6, 6.07) is -0.638. The number of unbranched alkanes of at least 4 members (excludes halogenated alkanes) is 34. The fourth-order valence-corrected chi connectivity index (χ4v) is 8.02. The fraction of sp³-hybridized carbons (Fsp3) is 0.855. The van der Waals surface area contributed by atoms with E-state index in [-0.39, 0.29) is 18.5 Å². The zero-order chi connectivity index (χ0) is 44.4. The summed E-state index contributed by atoms with van der Waals surface area (Å²) in [4.78, 5) is 24.5. The Kier molecular flexibility index (Phi) is 49.1.